The van der Waals surface area contributed by atoms with Crippen LogP contribution in [0, 0.1) is 6.92 Å². The van der Waals surface area contributed by atoms with Crippen LogP contribution in [0.25, 0.3) is 0 Å². The molecule has 2 rings (SSSR count). The van der Waals surface area contributed by atoms with Gasteiger partial charge in [0, 0.05) is 50.4 Å². The molecule has 1 N–H and O–H groups in total. The SMILES string of the molecule is CCNC(=NCCc1nc(CC)c(C)s1)N(C)Cc1cc(Cl)cn1C. The zero-order valence-corrected chi connectivity index (χ0v) is 17.3. The third-order valence-electron chi connectivity index (χ3n) is 4.03. The second kappa shape index (κ2) is 9.25. The first-order chi connectivity index (χ1) is 11.9. The van der Waals surface area contributed by atoms with Crippen molar-refractivity contribution in [3.63, 3.8) is 0 Å². The third kappa shape index (κ3) is 5.47. The quantitative estimate of drug-likeness (QED) is 0.588. The largest absolute Gasteiger partial charge is 0.357 e. The maximum atomic E-state index is 6.08. The van der Waals surface area contributed by atoms with E-state index in [1.165, 1.54) is 15.6 Å². The van der Waals surface area contributed by atoms with E-state index in [1.54, 1.807) is 11.3 Å². The maximum Gasteiger partial charge on any atom is 0.194 e. The highest BCUT2D eigenvalue weighted by Crippen LogP contribution is 2.18. The lowest BCUT2D eigenvalue weighted by Gasteiger charge is -2.22. The number of nitrogens with zero attached hydrogens (tertiary/aromatic N) is 4. The highest BCUT2D eigenvalue weighted by atomic mass is 35.5. The Morgan fingerprint density at radius 2 is 2.20 bits per heavy atom. The molecule has 5 nitrogen and oxygen atoms in total. The van der Waals surface area contributed by atoms with Crippen LogP contribution in [0.5, 0.6) is 0 Å². The topological polar surface area (TPSA) is 45.5 Å². The number of aliphatic imine (C=N–C) groups is 1. The van der Waals surface area contributed by atoms with Crippen LogP contribution in [-0.4, -0.2) is 40.5 Å². The van der Waals surface area contributed by atoms with Gasteiger partial charge in [0.25, 0.3) is 0 Å². The number of nitrogens with one attached hydrogen (secondary N) is 1. The first-order valence-corrected chi connectivity index (χ1v) is 9.89. The van der Waals surface area contributed by atoms with Gasteiger partial charge in [0.05, 0.1) is 22.3 Å². The average molecular weight is 382 g/mol. The van der Waals surface area contributed by atoms with Crippen molar-refractivity contribution >= 4 is 28.9 Å². The summed E-state index contributed by atoms with van der Waals surface area (Å²) in [6, 6.07) is 1.99. The van der Waals surface area contributed by atoms with E-state index in [0.29, 0.717) is 0 Å². The van der Waals surface area contributed by atoms with Gasteiger partial charge in [-0.3, -0.25) is 4.99 Å². The summed E-state index contributed by atoms with van der Waals surface area (Å²) in [6.45, 7) is 8.71. The fraction of sp³-hybridized carbons (Fsp3) is 0.556. The molecule has 0 atom stereocenters. The van der Waals surface area contributed by atoms with Gasteiger partial charge in [0.15, 0.2) is 5.96 Å². The van der Waals surface area contributed by atoms with E-state index in [4.69, 9.17) is 21.6 Å². The zero-order valence-electron chi connectivity index (χ0n) is 15.8. The third-order valence-corrected chi connectivity index (χ3v) is 5.31. The molecule has 0 aliphatic rings. The summed E-state index contributed by atoms with van der Waals surface area (Å²) >= 11 is 7.86. The Labute approximate surface area is 159 Å². The molecule has 0 aliphatic carbocycles. The van der Waals surface area contributed by atoms with Crippen LogP contribution in [0.15, 0.2) is 17.3 Å². The Morgan fingerprint density at radius 3 is 2.76 bits per heavy atom. The van der Waals surface area contributed by atoms with E-state index in [-0.39, 0.29) is 0 Å². The lowest BCUT2D eigenvalue weighted by Crippen LogP contribution is -2.39. The standard InChI is InChI=1S/C18H28ClN5S/c1-6-16-13(3)25-17(22-16)8-9-21-18(20-7-2)24(5)12-15-10-14(19)11-23(15)4/h10-11H,6-9,12H2,1-5H3,(H,20,21). The number of hydrogen-bond donors (Lipinski definition) is 1. The molecule has 0 unspecified atom stereocenters. The van der Waals surface area contributed by atoms with Crippen molar-refractivity contribution in [3.8, 4) is 0 Å². The smallest absolute Gasteiger partial charge is 0.194 e. The Morgan fingerprint density at radius 1 is 1.44 bits per heavy atom. The summed E-state index contributed by atoms with van der Waals surface area (Å²) in [7, 11) is 4.06. The number of aryl methyl sites for hydroxylation is 3. The zero-order chi connectivity index (χ0) is 18.4. The van der Waals surface area contributed by atoms with E-state index in [1.807, 2.05) is 30.9 Å². The van der Waals surface area contributed by atoms with Crippen LogP contribution < -0.4 is 5.32 Å². The first kappa shape index (κ1) is 19.8. The predicted molar refractivity (Wildman–Crippen MR) is 108 cm³/mol. The van der Waals surface area contributed by atoms with E-state index in [2.05, 4.69) is 31.0 Å². The summed E-state index contributed by atoms with van der Waals surface area (Å²) in [6.07, 6.45) is 3.80. The molecule has 0 amide bonds. The maximum absolute atomic E-state index is 6.08. The van der Waals surface area contributed by atoms with Gasteiger partial charge < -0.3 is 14.8 Å². The molecule has 0 aliphatic heterocycles. The highest BCUT2D eigenvalue weighted by molar-refractivity contribution is 7.11. The molecule has 0 fully saturated rings. The number of halogens is 1. The fourth-order valence-corrected chi connectivity index (χ4v) is 3.97. The number of aromatic nitrogens is 2. The number of rotatable bonds is 7. The van der Waals surface area contributed by atoms with Crippen molar-refractivity contribution in [2.75, 3.05) is 20.1 Å². The average Bonchev–Trinajstić information content (AvgIpc) is 3.07. The minimum Gasteiger partial charge on any atom is -0.357 e. The Hall–Kier alpha value is -1.53. The molecule has 2 aromatic rings. The van der Waals surface area contributed by atoms with E-state index in [9.17, 15) is 0 Å². The van der Waals surface area contributed by atoms with Crippen molar-refractivity contribution in [1.82, 2.24) is 19.8 Å². The van der Waals surface area contributed by atoms with Crippen LogP contribution in [-0.2, 0) is 26.4 Å². The van der Waals surface area contributed by atoms with Crippen LogP contribution in [0.2, 0.25) is 5.02 Å². The number of hydrogen-bond acceptors (Lipinski definition) is 3. The molecule has 2 aromatic heterocycles. The lowest BCUT2D eigenvalue weighted by atomic mass is 10.3. The second-order valence-corrected chi connectivity index (χ2v) is 7.79. The molecule has 138 valence electrons. The van der Waals surface area contributed by atoms with Gasteiger partial charge in [-0.1, -0.05) is 18.5 Å². The number of guanidine groups is 1. The fourth-order valence-electron chi connectivity index (χ4n) is 2.69. The van der Waals surface area contributed by atoms with Gasteiger partial charge in [0.1, 0.15) is 0 Å². The van der Waals surface area contributed by atoms with E-state index < -0.39 is 0 Å². The second-order valence-electron chi connectivity index (χ2n) is 6.07. The van der Waals surface area contributed by atoms with Gasteiger partial charge in [0.2, 0.25) is 0 Å². The summed E-state index contributed by atoms with van der Waals surface area (Å²) in [5, 5.41) is 5.29. The van der Waals surface area contributed by atoms with E-state index in [0.717, 1.165) is 49.2 Å². The molecule has 0 radical (unpaired) electrons. The Balaban J connectivity index is 2.00. The van der Waals surface area contributed by atoms with Crippen LogP contribution in [0.4, 0.5) is 0 Å². The number of thiazole rings is 1. The van der Waals surface area contributed by atoms with Gasteiger partial charge in [-0.2, -0.15) is 0 Å². The van der Waals surface area contributed by atoms with Gasteiger partial charge in [-0.15, -0.1) is 11.3 Å². The summed E-state index contributed by atoms with van der Waals surface area (Å²) in [5.74, 6) is 0.906. The molecule has 0 saturated heterocycles. The van der Waals surface area contributed by atoms with Crippen LogP contribution >= 0.6 is 22.9 Å². The van der Waals surface area contributed by atoms with Gasteiger partial charge >= 0.3 is 0 Å². The lowest BCUT2D eigenvalue weighted by molar-refractivity contribution is 0.462. The molecular formula is C18H28ClN5S. The predicted octanol–water partition coefficient (Wildman–Crippen LogP) is 3.65. The molecule has 7 heteroatoms. The molecule has 25 heavy (non-hydrogen) atoms. The monoisotopic (exact) mass is 381 g/mol. The molecule has 0 saturated carbocycles. The molecule has 0 bridgehead atoms. The van der Waals surface area contributed by atoms with Crippen molar-refractivity contribution < 1.29 is 0 Å². The van der Waals surface area contributed by atoms with Gasteiger partial charge in [-0.25, -0.2) is 4.98 Å². The Kier molecular flexibility index (Phi) is 7.32. The summed E-state index contributed by atoms with van der Waals surface area (Å²) in [5.41, 5.74) is 2.37. The minimum atomic E-state index is 0.733. The van der Waals surface area contributed by atoms with Crippen molar-refractivity contribution in [3.05, 3.63) is 38.6 Å². The summed E-state index contributed by atoms with van der Waals surface area (Å²) < 4.78 is 2.05. The van der Waals surface area contributed by atoms with Crippen molar-refractivity contribution in [2.45, 2.75) is 40.2 Å². The van der Waals surface area contributed by atoms with E-state index >= 15 is 0 Å². The normalized spacial score (nSPS) is 11.8. The molecule has 0 aromatic carbocycles. The minimum absolute atomic E-state index is 0.733. The van der Waals surface area contributed by atoms with Crippen LogP contribution in [0.1, 0.15) is 35.1 Å². The summed E-state index contributed by atoms with van der Waals surface area (Å²) in [4.78, 5) is 12.9. The van der Waals surface area contributed by atoms with Crippen LogP contribution in [0.3, 0.4) is 0 Å². The molecule has 0 spiro atoms. The first-order valence-electron chi connectivity index (χ1n) is 8.69. The highest BCUT2D eigenvalue weighted by Gasteiger charge is 2.10. The Bertz CT molecular complexity index is 719. The molecular weight excluding hydrogens is 354 g/mol. The van der Waals surface area contributed by atoms with Gasteiger partial charge in [-0.05, 0) is 26.3 Å². The molecule has 2 heterocycles. The van der Waals surface area contributed by atoms with Crippen molar-refractivity contribution in [2.24, 2.45) is 12.0 Å². The van der Waals surface area contributed by atoms with Crippen molar-refractivity contribution in [1.29, 1.82) is 0 Å².